The van der Waals surface area contributed by atoms with Crippen molar-refractivity contribution in [2.24, 2.45) is 5.73 Å². The molecule has 0 fully saturated rings. The maximum absolute atomic E-state index is 12.0. The Bertz CT molecular complexity index is 347. The number of halogens is 2. The van der Waals surface area contributed by atoms with Crippen LogP contribution < -0.4 is 15.2 Å². The Morgan fingerprint density at radius 2 is 2.19 bits per heavy atom. The van der Waals surface area contributed by atoms with Gasteiger partial charge in [-0.25, -0.2) is 4.39 Å². The van der Waals surface area contributed by atoms with E-state index in [1.54, 1.807) is 7.11 Å². The minimum Gasteiger partial charge on any atom is -0.493 e. The maximum atomic E-state index is 12.0. The molecule has 2 N–H and O–H groups in total. The second-order valence-corrected chi connectivity index (χ2v) is 4.04. The van der Waals surface area contributed by atoms with Crippen molar-refractivity contribution < 1.29 is 13.9 Å². The molecule has 0 atom stereocenters. The summed E-state index contributed by atoms with van der Waals surface area (Å²) in [6.07, 6.45) is 0.762. The van der Waals surface area contributed by atoms with Gasteiger partial charge in [-0.15, -0.1) is 0 Å². The van der Waals surface area contributed by atoms with E-state index in [0.717, 1.165) is 16.5 Å². The predicted molar refractivity (Wildman–Crippen MR) is 64.9 cm³/mol. The fraction of sp³-hybridized carbons (Fsp3) is 0.455. The summed E-state index contributed by atoms with van der Waals surface area (Å²) < 4.78 is 23.3. The Balaban J connectivity index is 2.97. The quantitative estimate of drug-likeness (QED) is 0.875. The van der Waals surface area contributed by atoms with Crippen LogP contribution in [-0.2, 0) is 6.42 Å². The molecule has 1 rings (SSSR count). The van der Waals surface area contributed by atoms with E-state index >= 15 is 0 Å². The van der Waals surface area contributed by atoms with Crippen LogP contribution in [0.2, 0.25) is 0 Å². The molecule has 1 aromatic carbocycles. The van der Waals surface area contributed by atoms with Crippen molar-refractivity contribution in [1.29, 1.82) is 0 Å². The van der Waals surface area contributed by atoms with Gasteiger partial charge in [0, 0.05) is 0 Å². The van der Waals surface area contributed by atoms with Crippen LogP contribution in [0.5, 0.6) is 11.5 Å². The molecule has 0 amide bonds. The van der Waals surface area contributed by atoms with Crippen LogP contribution in [0.15, 0.2) is 16.6 Å². The third-order valence-corrected chi connectivity index (χ3v) is 2.63. The highest BCUT2D eigenvalue weighted by atomic mass is 79.9. The number of benzene rings is 1. The Hall–Kier alpha value is -0.810. The Morgan fingerprint density at radius 3 is 2.75 bits per heavy atom. The lowest BCUT2D eigenvalue weighted by atomic mass is 10.1. The normalized spacial score (nSPS) is 10.2. The van der Waals surface area contributed by atoms with E-state index in [-0.39, 0.29) is 6.61 Å². The molecular formula is C11H15BrFNO2. The molecule has 0 saturated heterocycles. The van der Waals surface area contributed by atoms with Gasteiger partial charge in [0.05, 0.1) is 11.6 Å². The molecule has 0 heterocycles. The highest BCUT2D eigenvalue weighted by Gasteiger charge is 2.11. The SMILES string of the molecule is COc1cc(CCN)cc(Br)c1OCCF. The van der Waals surface area contributed by atoms with E-state index < -0.39 is 6.67 Å². The molecule has 0 saturated carbocycles. The van der Waals surface area contributed by atoms with Gasteiger partial charge in [-0.3, -0.25) is 0 Å². The summed E-state index contributed by atoms with van der Waals surface area (Å²) in [4.78, 5) is 0. The van der Waals surface area contributed by atoms with Gasteiger partial charge in [0.25, 0.3) is 0 Å². The van der Waals surface area contributed by atoms with Crippen LogP contribution in [-0.4, -0.2) is 26.9 Å². The number of rotatable bonds is 6. The smallest absolute Gasteiger partial charge is 0.175 e. The summed E-state index contributed by atoms with van der Waals surface area (Å²) in [6, 6.07) is 3.76. The van der Waals surface area contributed by atoms with Crippen molar-refractivity contribution in [3.8, 4) is 11.5 Å². The second kappa shape index (κ2) is 6.70. The van der Waals surface area contributed by atoms with Gasteiger partial charge in [0.1, 0.15) is 13.3 Å². The summed E-state index contributed by atoms with van der Waals surface area (Å²) >= 11 is 3.37. The van der Waals surface area contributed by atoms with Crippen LogP contribution in [0.25, 0.3) is 0 Å². The molecular weight excluding hydrogens is 277 g/mol. The van der Waals surface area contributed by atoms with Gasteiger partial charge in [-0.05, 0) is 46.6 Å². The molecule has 5 heteroatoms. The lowest BCUT2D eigenvalue weighted by Gasteiger charge is -2.13. The van der Waals surface area contributed by atoms with E-state index in [0.29, 0.717) is 18.0 Å². The van der Waals surface area contributed by atoms with Gasteiger partial charge in [-0.2, -0.15) is 0 Å². The highest BCUT2D eigenvalue weighted by Crippen LogP contribution is 2.36. The maximum Gasteiger partial charge on any atom is 0.175 e. The van der Waals surface area contributed by atoms with Gasteiger partial charge in [-0.1, -0.05) is 0 Å². The Labute approximate surface area is 103 Å². The van der Waals surface area contributed by atoms with E-state index in [1.807, 2.05) is 12.1 Å². The molecule has 0 aliphatic carbocycles. The first-order valence-electron chi connectivity index (χ1n) is 4.98. The monoisotopic (exact) mass is 291 g/mol. The topological polar surface area (TPSA) is 44.5 Å². The van der Waals surface area contributed by atoms with Crippen LogP contribution in [0.1, 0.15) is 5.56 Å². The fourth-order valence-corrected chi connectivity index (χ4v) is 1.97. The number of ether oxygens (including phenoxy) is 2. The van der Waals surface area contributed by atoms with E-state index in [1.165, 1.54) is 0 Å². The summed E-state index contributed by atoms with van der Waals surface area (Å²) in [5.74, 6) is 1.12. The predicted octanol–water partition coefficient (Wildman–Crippen LogP) is 2.31. The van der Waals surface area contributed by atoms with Crippen molar-refractivity contribution in [3.05, 3.63) is 22.2 Å². The molecule has 3 nitrogen and oxygen atoms in total. The molecule has 0 aliphatic heterocycles. The summed E-state index contributed by atoms with van der Waals surface area (Å²) in [5.41, 5.74) is 6.54. The van der Waals surface area contributed by atoms with Crippen LogP contribution >= 0.6 is 15.9 Å². The van der Waals surface area contributed by atoms with Crippen molar-refractivity contribution >= 4 is 15.9 Å². The number of hydrogen-bond acceptors (Lipinski definition) is 3. The first-order chi connectivity index (χ1) is 7.72. The molecule has 90 valence electrons. The molecule has 0 unspecified atom stereocenters. The number of alkyl halides is 1. The zero-order valence-electron chi connectivity index (χ0n) is 9.13. The Kier molecular flexibility index (Phi) is 5.55. The number of methoxy groups -OCH3 is 1. The van der Waals surface area contributed by atoms with Gasteiger partial charge < -0.3 is 15.2 Å². The summed E-state index contributed by atoms with van der Waals surface area (Å²) in [5, 5.41) is 0. The highest BCUT2D eigenvalue weighted by molar-refractivity contribution is 9.10. The molecule has 0 radical (unpaired) electrons. The third kappa shape index (κ3) is 3.35. The Morgan fingerprint density at radius 1 is 1.44 bits per heavy atom. The van der Waals surface area contributed by atoms with Crippen molar-refractivity contribution in [1.82, 2.24) is 0 Å². The first-order valence-corrected chi connectivity index (χ1v) is 5.77. The average molecular weight is 292 g/mol. The van der Waals surface area contributed by atoms with E-state index in [9.17, 15) is 4.39 Å². The molecule has 0 bridgehead atoms. The standard InChI is InChI=1S/C11H15BrFNO2/c1-15-10-7-8(2-4-14)6-9(12)11(10)16-5-3-13/h6-7H,2-5,14H2,1H3. The lowest BCUT2D eigenvalue weighted by molar-refractivity contribution is 0.258. The lowest BCUT2D eigenvalue weighted by Crippen LogP contribution is -2.05. The zero-order valence-corrected chi connectivity index (χ0v) is 10.7. The number of nitrogens with two attached hydrogens (primary N) is 1. The van der Waals surface area contributed by atoms with E-state index in [4.69, 9.17) is 15.2 Å². The van der Waals surface area contributed by atoms with E-state index in [2.05, 4.69) is 15.9 Å². The molecule has 16 heavy (non-hydrogen) atoms. The summed E-state index contributed by atoms with van der Waals surface area (Å²) in [6.45, 7) is 0.0611. The van der Waals surface area contributed by atoms with Crippen molar-refractivity contribution in [2.45, 2.75) is 6.42 Å². The van der Waals surface area contributed by atoms with Gasteiger partial charge >= 0.3 is 0 Å². The van der Waals surface area contributed by atoms with Crippen LogP contribution in [0.3, 0.4) is 0 Å². The first kappa shape index (κ1) is 13.3. The zero-order chi connectivity index (χ0) is 12.0. The van der Waals surface area contributed by atoms with Crippen LogP contribution in [0, 0.1) is 0 Å². The van der Waals surface area contributed by atoms with Crippen molar-refractivity contribution in [3.63, 3.8) is 0 Å². The number of hydrogen-bond donors (Lipinski definition) is 1. The summed E-state index contributed by atoms with van der Waals surface area (Å²) in [7, 11) is 1.55. The van der Waals surface area contributed by atoms with Gasteiger partial charge in [0.2, 0.25) is 0 Å². The molecule has 0 spiro atoms. The van der Waals surface area contributed by atoms with Gasteiger partial charge in [0.15, 0.2) is 11.5 Å². The minimum absolute atomic E-state index is 0.0190. The molecule has 1 aromatic rings. The molecule has 0 aromatic heterocycles. The van der Waals surface area contributed by atoms with Crippen molar-refractivity contribution in [2.75, 3.05) is 26.9 Å². The second-order valence-electron chi connectivity index (χ2n) is 3.19. The minimum atomic E-state index is -0.528. The van der Waals surface area contributed by atoms with Crippen LogP contribution in [0.4, 0.5) is 4.39 Å². The largest absolute Gasteiger partial charge is 0.493 e. The third-order valence-electron chi connectivity index (χ3n) is 2.05. The molecule has 0 aliphatic rings. The fourth-order valence-electron chi connectivity index (χ4n) is 1.36. The average Bonchev–Trinajstić information content (AvgIpc) is 2.27.